The van der Waals surface area contributed by atoms with Crippen LogP contribution in [0.2, 0.25) is 0 Å². The fourth-order valence-corrected chi connectivity index (χ4v) is 3.32. The van der Waals surface area contributed by atoms with Gasteiger partial charge in [-0.05, 0) is 44.0 Å². The SMILES string of the molecule is Cc1ccc2nc(-c3ccc(C)s3)c(CCC(N)=O)n2c1. The fraction of sp³-hybridized carbons (Fsp3) is 0.250. The van der Waals surface area contributed by atoms with Crippen LogP contribution in [0.15, 0.2) is 30.5 Å². The van der Waals surface area contributed by atoms with E-state index >= 15 is 0 Å². The molecule has 0 saturated carbocycles. The topological polar surface area (TPSA) is 60.4 Å². The van der Waals surface area contributed by atoms with Crippen molar-refractivity contribution >= 4 is 22.9 Å². The van der Waals surface area contributed by atoms with E-state index < -0.39 is 0 Å². The summed E-state index contributed by atoms with van der Waals surface area (Å²) in [7, 11) is 0. The highest BCUT2D eigenvalue weighted by atomic mass is 32.1. The minimum absolute atomic E-state index is 0.286. The van der Waals surface area contributed by atoms with Gasteiger partial charge in [-0.1, -0.05) is 6.07 Å². The van der Waals surface area contributed by atoms with Crippen LogP contribution in [0.5, 0.6) is 0 Å². The number of hydrogen-bond acceptors (Lipinski definition) is 3. The van der Waals surface area contributed by atoms with Gasteiger partial charge in [-0.3, -0.25) is 4.79 Å². The molecule has 0 aromatic carbocycles. The molecule has 3 heterocycles. The molecule has 0 bridgehead atoms. The first kappa shape index (κ1) is 13.8. The molecular formula is C16H17N3OS. The minimum atomic E-state index is -0.286. The summed E-state index contributed by atoms with van der Waals surface area (Å²) < 4.78 is 2.07. The molecule has 0 radical (unpaired) electrons. The van der Waals surface area contributed by atoms with Gasteiger partial charge in [-0.15, -0.1) is 11.3 Å². The van der Waals surface area contributed by atoms with Crippen LogP contribution >= 0.6 is 11.3 Å². The first-order valence-electron chi connectivity index (χ1n) is 6.87. The van der Waals surface area contributed by atoms with Crippen molar-refractivity contribution in [2.24, 2.45) is 5.73 Å². The summed E-state index contributed by atoms with van der Waals surface area (Å²) in [5, 5.41) is 0. The van der Waals surface area contributed by atoms with Crippen LogP contribution in [0.3, 0.4) is 0 Å². The summed E-state index contributed by atoms with van der Waals surface area (Å²) in [5.41, 5.74) is 9.38. The van der Waals surface area contributed by atoms with Crippen molar-refractivity contribution in [1.29, 1.82) is 0 Å². The number of aryl methyl sites for hydroxylation is 3. The largest absolute Gasteiger partial charge is 0.370 e. The number of carbonyl (C=O) groups is 1. The Morgan fingerprint density at radius 1 is 1.29 bits per heavy atom. The van der Waals surface area contributed by atoms with Crippen molar-refractivity contribution in [1.82, 2.24) is 9.38 Å². The number of nitrogens with two attached hydrogens (primary N) is 1. The molecular weight excluding hydrogens is 282 g/mol. The van der Waals surface area contributed by atoms with E-state index in [0.717, 1.165) is 27.5 Å². The molecule has 3 rings (SSSR count). The van der Waals surface area contributed by atoms with E-state index in [-0.39, 0.29) is 5.91 Å². The van der Waals surface area contributed by atoms with E-state index in [0.29, 0.717) is 12.8 Å². The Morgan fingerprint density at radius 3 is 2.76 bits per heavy atom. The van der Waals surface area contributed by atoms with Crippen LogP contribution in [-0.2, 0) is 11.2 Å². The predicted molar refractivity (Wildman–Crippen MR) is 85.5 cm³/mol. The van der Waals surface area contributed by atoms with Gasteiger partial charge in [0.25, 0.3) is 0 Å². The number of thiophene rings is 1. The summed E-state index contributed by atoms with van der Waals surface area (Å²) in [5.74, 6) is -0.286. The molecule has 0 aliphatic heterocycles. The average molecular weight is 299 g/mol. The smallest absolute Gasteiger partial charge is 0.217 e. The zero-order chi connectivity index (χ0) is 15.0. The highest BCUT2D eigenvalue weighted by Gasteiger charge is 2.16. The molecule has 108 valence electrons. The van der Waals surface area contributed by atoms with Gasteiger partial charge < -0.3 is 10.1 Å². The van der Waals surface area contributed by atoms with E-state index in [1.54, 1.807) is 11.3 Å². The normalized spacial score (nSPS) is 11.1. The molecule has 0 spiro atoms. The highest BCUT2D eigenvalue weighted by Crippen LogP contribution is 2.31. The van der Waals surface area contributed by atoms with Gasteiger partial charge in [-0.25, -0.2) is 4.98 Å². The Hall–Kier alpha value is -2.14. The van der Waals surface area contributed by atoms with Crippen LogP contribution in [0.4, 0.5) is 0 Å². The third-order valence-corrected chi connectivity index (χ3v) is 4.45. The molecule has 4 nitrogen and oxygen atoms in total. The van der Waals surface area contributed by atoms with Crippen LogP contribution in [0, 0.1) is 13.8 Å². The van der Waals surface area contributed by atoms with E-state index in [1.807, 2.05) is 19.1 Å². The standard InChI is InChI=1S/C16H17N3OS/c1-10-3-8-15-18-16(13-6-4-11(2)21-13)12(19(15)9-10)5-7-14(17)20/h3-4,6,8-9H,5,7H2,1-2H3,(H2,17,20). The van der Waals surface area contributed by atoms with Gasteiger partial charge in [0.1, 0.15) is 11.3 Å². The third kappa shape index (κ3) is 2.69. The van der Waals surface area contributed by atoms with Gasteiger partial charge in [-0.2, -0.15) is 0 Å². The van der Waals surface area contributed by atoms with Gasteiger partial charge in [0.15, 0.2) is 0 Å². The van der Waals surface area contributed by atoms with Crippen LogP contribution in [0.1, 0.15) is 22.6 Å². The molecule has 0 fully saturated rings. The molecule has 2 N–H and O–H groups in total. The van der Waals surface area contributed by atoms with Crippen molar-refractivity contribution in [2.75, 3.05) is 0 Å². The van der Waals surface area contributed by atoms with E-state index in [9.17, 15) is 4.79 Å². The number of pyridine rings is 1. The van der Waals surface area contributed by atoms with Gasteiger partial charge in [0.05, 0.1) is 10.6 Å². The Morgan fingerprint density at radius 2 is 2.10 bits per heavy atom. The number of carbonyl (C=O) groups excluding carboxylic acids is 1. The number of amides is 1. The predicted octanol–water partition coefficient (Wildman–Crippen LogP) is 3.10. The number of primary amides is 1. The summed E-state index contributed by atoms with van der Waals surface area (Å²) in [6.07, 6.45) is 2.99. The first-order chi connectivity index (χ1) is 10.0. The Bertz CT molecular complexity index is 816. The maximum Gasteiger partial charge on any atom is 0.217 e. The molecule has 5 heteroatoms. The average Bonchev–Trinajstić information content (AvgIpc) is 2.99. The van der Waals surface area contributed by atoms with Crippen molar-refractivity contribution in [3.8, 4) is 10.6 Å². The highest BCUT2D eigenvalue weighted by molar-refractivity contribution is 7.15. The molecule has 3 aromatic rings. The quantitative estimate of drug-likeness (QED) is 0.804. The lowest BCUT2D eigenvalue weighted by Gasteiger charge is -2.03. The molecule has 0 unspecified atom stereocenters. The zero-order valence-electron chi connectivity index (χ0n) is 12.1. The Kier molecular flexibility index (Phi) is 3.51. The van der Waals surface area contributed by atoms with Gasteiger partial charge in [0.2, 0.25) is 5.91 Å². The van der Waals surface area contributed by atoms with E-state index in [2.05, 4.69) is 29.7 Å². The van der Waals surface area contributed by atoms with Crippen molar-refractivity contribution in [2.45, 2.75) is 26.7 Å². The van der Waals surface area contributed by atoms with Gasteiger partial charge in [0, 0.05) is 17.5 Å². The first-order valence-corrected chi connectivity index (χ1v) is 7.69. The van der Waals surface area contributed by atoms with E-state index in [4.69, 9.17) is 10.7 Å². The second kappa shape index (κ2) is 5.33. The van der Waals surface area contributed by atoms with Crippen LogP contribution in [0.25, 0.3) is 16.2 Å². The van der Waals surface area contributed by atoms with E-state index in [1.165, 1.54) is 4.88 Å². The summed E-state index contributed by atoms with van der Waals surface area (Å²) >= 11 is 1.72. The monoisotopic (exact) mass is 299 g/mol. The molecule has 0 aliphatic carbocycles. The van der Waals surface area contributed by atoms with Gasteiger partial charge >= 0.3 is 0 Å². The summed E-state index contributed by atoms with van der Waals surface area (Å²) in [4.78, 5) is 18.3. The molecule has 0 saturated heterocycles. The molecule has 0 aliphatic rings. The lowest BCUT2D eigenvalue weighted by molar-refractivity contribution is -0.118. The fourth-order valence-electron chi connectivity index (χ4n) is 2.44. The molecule has 3 aromatic heterocycles. The van der Waals surface area contributed by atoms with Crippen LogP contribution < -0.4 is 5.73 Å². The number of fused-ring (bicyclic) bond motifs is 1. The number of hydrogen-bond donors (Lipinski definition) is 1. The molecule has 0 atom stereocenters. The third-order valence-electron chi connectivity index (χ3n) is 3.45. The number of imidazole rings is 1. The second-order valence-corrected chi connectivity index (χ2v) is 6.51. The van der Waals surface area contributed by atoms with Crippen molar-refractivity contribution in [3.05, 3.63) is 46.6 Å². The van der Waals surface area contributed by atoms with Crippen molar-refractivity contribution in [3.63, 3.8) is 0 Å². The maximum atomic E-state index is 11.1. The minimum Gasteiger partial charge on any atom is -0.370 e. The summed E-state index contributed by atoms with van der Waals surface area (Å²) in [6.45, 7) is 4.13. The number of aromatic nitrogens is 2. The lowest BCUT2D eigenvalue weighted by atomic mass is 10.1. The van der Waals surface area contributed by atoms with Crippen molar-refractivity contribution < 1.29 is 4.79 Å². The van der Waals surface area contributed by atoms with Crippen LogP contribution in [-0.4, -0.2) is 15.3 Å². The second-order valence-electron chi connectivity index (χ2n) is 5.22. The maximum absolute atomic E-state index is 11.1. The zero-order valence-corrected chi connectivity index (χ0v) is 12.9. The Balaban J connectivity index is 2.17. The Labute approximate surface area is 127 Å². The lowest BCUT2D eigenvalue weighted by Crippen LogP contribution is -2.12. The molecule has 21 heavy (non-hydrogen) atoms. The number of rotatable bonds is 4. The summed E-state index contributed by atoms with van der Waals surface area (Å²) in [6, 6.07) is 8.23. The molecule has 1 amide bonds. The number of nitrogens with zero attached hydrogens (tertiary/aromatic N) is 2.